The molecule has 0 fully saturated rings. The lowest BCUT2D eigenvalue weighted by atomic mass is 10.4. The fourth-order valence-corrected chi connectivity index (χ4v) is 1.12. The Morgan fingerprint density at radius 1 is 1.57 bits per heavy atom. The maximum Gasteiger partial charge on any atom is 0.282 e. The monoisotopic (exact) mass is 204 g/mol. The van der Waals surface area contributed by atoms with Gasteiger partial charge in [-0.05, 0) is 14.1 Å². The zero-order chi connectivity index (χ0) is 10.7. The van der Waals surface area contributed by atoms with Crippen LogP contribution in [0.15, 0.2) is 6.20 Å². The van der Waals surface area contributed by atoms with Gasteiger partial charge in [-0.2, -0.15) is 5.10 Å². The van der Waals surface area contributed by atoms with Crippen molar-refractivity contribution in [3.05, 3.63) is 11.9 Å². The second kappa shape index (κ2) is 4.36. The Hall–Kier alpha value is -1.17. The number of alkyl halides is 2. The molecule has 0 aliphatic heterocycles. The van der Waals surface area contributed by atoms with E-state index in [1.54, 1.807) is 0 Å². The van der Waals surface area contributed by atoms with Gasteiger partial charge in [0, 0.05) is 6.54 Å². The third-order valence-corrected chi connectivity index (χ3v) is 1.88. The molecule has 0 spiro atoms. The lowest BCUT2D eigenvalue weighted by Gasteiger charge is -2.11. The van der Waals surface area contributed by atoms with Gasteiger partial charge in [0.25, 0.3) is 6.43 Å². The normalized spacial score (nSPS) is 11.6. The van der Waals surface area contributed by atoms with Crippen molar-refractivity contribution in [2.24, 2.45) is 0 Å². The standard InChI is InChI=1S/C8H14F2N4/c1-13(2)3-4-14-7(8(9)10)6(11)5-12-14/h5,8H,3-4,11H2,1-2H3. The molecule has 0 atom stereocenters. The molecule has 4 nitrogen and oxygen atoms in total. The first-order valence-electron chi connectivity index (χ1n) is 4.26. The van der Waals surface area contributed by atoms with Crippen molar-refractivity contribution in [2.75, 3.05) is 26.4 Å². The number of nitrogen functional groups attached to an aromatic ring is 1. The predicted molar refractivity (Wildman–Crippen MR) is 50.2 cm³/mol. The van der Waals surface area contributed by atoms with Crippen LogP contribution in [0.4, 0.5) is 14.5 Å². The number of nitrogens with two attached hydrogens (primary N) is 1. The van der Waals surface area contributed by atoms with Gasteiger partial charge in [0.05, 0.1) is 18.4 Å². The van der Waals surface area contributed by atoms with Crippen LogP contribution in [0.2, 0.25) is 0 Å². The molecule has 1 heterocycles. The number of rotatable bonds is 4. The summed E-state index contributed by atoms with van der Waals surface area (Å²) in [6.45, 7) is 1.07. The van der Waals surface area contributed by atoms with Crippen molar-refractivity contribution in [3.8, 4) is 0 Å². The van der Waals surface area contributed by atoms with E-state index in [0.717, 1.165) is 0 Å². The van der Waals surface area contributed by atoms with Gasteiger partial charge in [-0.25, -0.2) is 8.78 Å². The Morgan fingerprint density at radius 2 is 2.21 bits per heavy atom. The first-order chi connectivity index (χ1) is 6.52. The van der Waals surface area contributed by atoms with Crippen LogP contribution >= 0.6 is 0 Å². The van der Waals surface area contributed by atoms with Gasteiger partial charge in [-0.15, -0.1) is 0 Å². The third kappa shape index (κ3) is 2.41. The maximum absolute atomic E-state index is 12.5. The first-order valence-corrected chi connectivity index (χ1v) is 4.26. The highest BCUT2D eigenvalue weighted by Gasteiger charge is 2.17. The maximum atomic E-state index is 12.5. The fraction of sp³-hybridized carbons (Fsp3) is 0.625. The highest BCUT2D eigenvalue weighted by Crippen LogP contribution is 2.24. The van der Waals surface area contributed by atoms with Crippen LogP contribution in [0.5, 0.6) is 0 Å². The van der Waals surface area contributed by atoms with E-state index in [4.69, 9.17) is 5.73 Å². The van der Waals surface area contributed by atoms with Crippen molar-refractivity contribution in [2.45, 2.75) is 13.0 Å². The Bertz CT molecular complexity index is 296. The number of halogens is 2. The summed E-state index contributed by atoms with van der Waals surface area (Å²) in [5, 5.41) is 3.79. The molecule has 1 rings (SSSR count). The molecule has 0 aliphatic rings. The van der Waals surface area contributed by atoms with Gasteiger partial charge in [-0.3, -0.25) is 4.68 Å². The zero-order valence-corrected chi connectivity index (χ0v) is 8.24. The Labute approximate surface area is 81.3 Å². The molecule has 6 heteroatoms. The summed E-state index contributed by atoms with van der Waals surface area (Å²) in [5.41, 5.74) is 5.24. The van der Waals surface area contributed by atoms with Crippen LogP contribution in [0.1, 0.15) is 12.1 Å². The summed E-state index contributed by atoms with van der Waals surface area (Å²) < 4.78 is 26.2. The topological polar surface area (TPSA) is 47.1 Å². The minimum Gasteiger partial charge on any atom is -0.396 e. The quantitative estimate of drug-likeness (QED) is 0.794. The van der Waals surface area contributed by atoms with E-state index in [1.807, 2.05) is 19.0 Å². The van der Waals surface area contributed by atoms with E-state index in [1.165, 1.54) is 10.9 Å². The largest absolute Gasteiger partial charge is 0.396 e. The Morgan fingerprint density at radius 3 is 2.71 bits per heavy atom. The van der Waals surface area contributed by atoms with Crippen molar-refractivity contribution >= 4 is 5.69 Å². The second-order valence-corrected chi connectivity index (χ2v) is 3.31. The molecular weight excluding hydrogens is 190 g/mol. The van der Waals surface area contributed by atoms with Gasteiger partial charge in [0.1, 0.15) is 5.69 Å². The number of aromatic nitrogens is 2. The fourth-order valence-electron chi connectivity index (χ4n) is 1.12. The van der Waals surface area contributed by atoms with Crippen molar-refractivity contribution in [3.63, 3.8) is 0 Å². The summed E-state index contributed by atoms with van der Waals surface area (Å²) >= 11 is 0. The molecule has 0 saturated heterocycles. The molecule has 0 saturated carbocycles. The highest BCUT2D eigenvalue weighted by molar-refractivity contribution is 5.41. The molecule has 0 aromatic carbocycles. The SMILES string of the molecule is CN(C)CCn1ncc(N)c1C(F)F. The van der Waals surface area contributed by atoms with E-state index in [0.29, 0.717) is 13.1 Å². The van der Waals surface area contributed by atoms with Crippen LogP contribution in [-0.4, -0.2) is 35.3 Å². The predicted octanol–water partition coefficient (Wildman–Crippen LogP) is 0.964. The third-order valence-electron chi connectivity index (χ3n) is 1.88. The van der Waals surface area contributed by atoms with Crippen LogP contribution in [0.25, 0.3) is 0 Å². The molecular formula is C8H14F2N4. The summed E-state index contributed by atoms with van der Waals surface area (Å²) in [6, 6.07) is 0. The average Bonchev–Trinajstić information content (AvgIpc) is 2.43. The van der Waals surface area contributed by atoms with Crippen LogP contribution in [0.3, 0.4) is 0 Å². The van der Waals surface area contributed by atoms with Crippen LogP contribution in [0, 0.1) is 0 Å². The molecule has 0 amide bonds. The highest BCUT2D eigenvalue weighted by atomic mass is 19.3. The molecule has 1 aromatic heterocycles. The van der Waals surface area contributed by atoms with E-state index < -0.39 is 6.43 Å². The summed E-state index contributed by atoms with van der Waals surface area (Å²) in [4.78, 5) is 1.90. The smallest absolute Gasteiger partial charge is 0.282 e. The number of hydrogen-bond donors (Lipinski definition) is 1. The van der Waals surface area contributed by atoms with E-state index in [9.17, 15) is 8.78 Å². The Kier molecular flexibility index (Phi) is 3.40. The molecule has 1 aromatic rings. The van der Waals surface area contributed by atoms with Crippen LogP contribution in [-0.2, 0) is 6.54 Å². The van der Waals surface area contributed by atoms with Gasteiger partial charge < -0.3 is 10.6 Å². The van der Waals surface area contributed by atoms with Crippen molar-refractivity contribution in [1.82, 2.24) is 14.7 Å². The summed E-state index contributed by atoms with van der Waals surface area (Å²) in [6.07, 6.45) is -1.31. The molecule has 14 heavy (non-hydrogen) atoms. The van der Waals surface area contributed by atoms with Crippen molar-refractivity contribution < 1.29 is 8.78 Å². The zero-order valence-electron chi connectivity index (χ0n) is 8.24. The van der Waals surface area contributed by atoms with Crippen molar-refractivity contribution in [1.29, 1.82) is 0 Å². The number of nitrogens with zero attached hydrogens (tertiary/aromatic N) is 3. The molecule has 0 radical (unpaired) electrons. The molecule has 0 aliphatic carbocycles. The number of hydrogen-bond acceptors (Lipinski definition) is 3. The minimum atomic E-state index is -2.57. The van der Waals surface area contributed by atoms with E-state index in [-0.39, 0.29) is 11.4 Å². The summed E-state index contributed by atoms with van der Waals surface area (Å²) in [7, 11) is 3.74. The first kappa shape index (κ1) is 10.9. The van der Waals surface area contributed by atoms with Crippen LogP contribution < -0.4 is 5.73 Å². The van der Waals surface area contributed by atoms with Gasteiger partial charge in [0.15, 0.2) is 0 Å². The summed E-state index contributed by atoms with van der Waals surface area (Å²) in [5.74, 6) is 0. The molecule has 0 unspecified atom stereocenters. The minimum absolute atomic E-state index is 0.0544. The van der Waals surface area contributed by atoms with Gasteiger partial charge in [-0.1, -0.05) is 0 Å². The molecule has 2 N–H and O–H groups in total. The number of likely N-dealkylation sites (N-methyl/N-ethyl adjacent to an activating group) is 1. The molecule has 80 valence electrons. The Balaban J connectivity index is 2.76. The van der Waals surface area contributed by atoms with E-state index >= 15 is 0 Å². The second-order valence-electron chi connectivity index (χ2n) is 3.31. The van der Waals surface area contributed by atoms with E-state index in [2.05, 4.69) is 5.10 Å². The lowest BCUT2D eigenvalue weighted by molar-refractivity contribution is 0.139. The molecule has 0 bridgehead atoms. The lowest BCUT2D eigenvalue weighted by Crippen LogP contribution is -2.20. The van der Waals surface area contributed by atoms with Gasteiger partial charge >= 0.3 is 0 Å². The average molecular weight is 204 g/mol. The van der Waals surface area contributed by atoms with Gasteiger partial charge in [0.2, 0.25) is 0 Å². The number of anilines is 1.